The van der Waals surface area contributed by atoms with Crippen molar-refractivity contribution in [3.63, 3.8) is 0 Å². The van der Waals surface area contributed by atoms with Gasteiger partial charge >= 0.3 is 0 Å². The summed E-state index contributed by atoms with van der Waals surface area (Å²) in [5, 5.41) is 0. The molecular weight excluding hydrogens is 146 g/mol. The summed E-state index contributed by atoms with van der Waals surface area (Å²) in [6.07, 6.45) is 7.63. The van der Waals surface area contributed by atoms with E-state index in [1.54, 1.807) is 0 Å². The van der Waals surface area contributed by atoms with Crippen molar-refractivity contribution >= 4 is 0 Å². The first-order valence-electron chi connectivity index (χ1n) is 5.03. The fourth-order valence-corrected chi connectivity index (χ4v) is 2.06. The highest BCUT2D eigenvalue weighted by Crippen LogP contribution is 2.29. The van der Waals surface area contributed by atoms with Gasteiger partial charge in [-0.2, -0.15) is 0 Å². The molecule has 0 radical (unpaired) electrons. The lowest BCUT2D eigenvalue weighted by Gasteiger charge is -2.38. The predicted molar refractivity (Wildman–Crippen MR) is 53.7 cm³/mol. The number of hydrogen-bond donors (Lipinski definition) is 0. The zero-order valence-corrected chi connectivity index (χ0v) is 8.71. The molecule has 1 saturated carbocycles. The Morgan fingerprint density at radius 3 is 2.08 bits per heavy atom. The fourth-order valence-electron chi connectivity index (χ4n) is 2.06. The van der Waals surface area contributed by atoms with Crippen LogP contribution in [0.2, 0.25) is 0 Å². The Labute approximate surface area is 76.7 Å². The molecule has 0 aromatic heterocycles. The van der Waals surface area contributed by atoms with Crippen LogP contribution in [0.3, 0.4) is 0 Å². The summed E-state index contributed by atoms with van der Waals surface area (Å²) in [6.45, 7) is 6.26. The molecule has 0 aromatic rings. The van der Waals surface area contributed by atoms with Crippen LogP contribution in [-0.2, 0) is 0 Å². The van der Waals surface area contributed by atoms with E-state index >= 15 is 0 Å². The smallest absolute Gasteiger partial charge is 0.0928 e. The van der Waals surface area contributed by atoms with Gasteiger partial charge in [-0.15, -0.1) is 0 Å². The average Bonchev–Trinajstić information content (AvgIpc) is 2.05. The van der Waals surface area contributed by atoms with Gasteiger partial charge in [0.1, 0.15) is 0 Å². The first-order valence-corrected chi connectivity index (χ1v) is 5.03. The van der Waals surface area contributed by atoms with E-state index < -0.39 is 0 Å². The SMILES string of the molecule is C=C[N+](C)(C)C1CCC(C)CC1. The van der Waals surface area contributed by atoms with Crippen LogP contribution >= 0.6 is 0 Å². The predicted octanol–water partition coefficient (Wildman–Crippen LogP) is 2.79. The molecular formula is C11H22N+. The quantitative estimate of drug-likeness (QED) is 0.556. The molecule has 0 atom stereocenters. The molecule has 1 rings (SSSR count). The van der Waals surface area contributed by atoms with Gasteiger partial charge in [0.2, 0.25) is 0 Å². The summed E-state index contributed by atoms with van der Waals surface area (Å²) in [7, 11) is 4.52. The van der Waals surface area contributed by atoms with E-state index in [1.807, 2.05) is 0 Å². The lowest BCUT2D eigenvalue weighted by atomic mass is 9.86. The Morgan fingerprint density at radius 2 is 1.67 bits per heavy atom. The molecule has 12 heavy (non-hydrogen) atoms. The van der Waals surface area contributed by atoms with Crippen molar-refractivity contribution < 1.29 is 4.48 Å². The Bertz CT molecular complexity index is 152. The van der Waals surface area contributed by atoms with Crippen LogP contribution in [0.1, 0.15) is 32.6 Å². The van der Waals surface area contributed by atoms with Crippen LogP contribution in [0.25, 0.3) is 0 Å². The molecule has 0 bridgehead atoms. The van der Waals surface area contributed by atoms with Crippen LogP contribution in [0.4, 0.5) is 0 Å². The van der Waals surface area contributed by atoms with Crippen molar-refractivity contribution in [1.82, 2.24) is 0 Å². The van der Waals surface area contributed by atoms with Gasteiger partial charge in [-0.1, -0.05) is 6.92 Å². The maximum Gasteiger partial charge on any atom is 0.0928 e. The molecule has 0 saturated heterocycles. The molecule has 1 fully saturated rings. The number of rotatable bonds is 2. The van der Waals surface area contributed by atoms with Gasteiger partial charge in [0.15, 0.2) is 0 Å². The molecule has 0 amide bonds. The minimum absolute atomic E-state index is 0.818. The number of nitrogens with zero attached hydrogens (tertiary/aromatic N) is 1. The van der Waals surface area contributed by atoms with Crippen molar-refractivity contribution in [3.05, 3.63) is 12.8 Å². The Morgan fingerprint density at radius 1 is 1.17 bits per heavy atom. The molecule has 0 aromatic carbocycles. The van der Waals surface area contributed by atoms with Crippen molar-refractivity contribution in [2.24, 2.45) is 5.92 Å². The maximum absolute atomic E-state index is 3.90. The maximum atomic E-state index is 3.90. The molecule has 1 aliphatic rings. The molecule has 0 N–H and O–H groups in total. The summed E-state index contributed by atoms with van der Waals surface area (Å²) >= 11 is 0. The lowest BCUT2D eigenvalue weighted by molar-refractivity contribution is -0.867. The van der Waals surface area contributed by atoms with E-state index in [1.165, 1.54) is 25.7 Å². The fraction of sp³-hybridized carbons (Fsp3) is 0.818. The van der Waals surface area contributed by atoms with E-state index in [-0.39, 0.29) is 0 Å². The van der Waals surface area contributed by atoms with Gasteiger partial charge in [0.05, 0.1) is 26.3 Å². The van der Waals surface area contributed by atoms with E-state index in [9.17, 15) is 0 Å². The van der Waals surface area contributed by atoms with Gasteiger partial charge in [-0.3, -0.25) is 0 Å². The van der Waals surface area contributed by atoms with Gasteiger partial charge in [0, 0.05) is 12.8 Å². The monoisotopic (exact) mass is 168 g/mol. The number of hydrogen-bond acceptors (Lipinski definition) is 0. The minimum Gasteiger partial charge on any atom is -0.300 e. The molecule has 70 valence electrons. The summed E-state index contributed by atoms with van der Waals surface area (Å²) in [6, 6.07) is 0.818. The largest absolute Gasteiger partial charge is 0.300 e. The Balaban J connectivity index is 2.49. The zero-order valence-electron chi connectivity index (χ0n) is 8.71. The van der Waals surface area contributed by atoms with Crippen LogP contribution in [-0.4, -0.2) is 24.6 Å². The van der Waals surface area contributed by atoms with Crippen molar-refractivity contribution in [2.75, 3.05) is 14.1 Å². The van der Waals surface area contributed by atoms with E-state index in [0.29, 0.717) is 0 Å². The summed E-state index contributed by atoms with van der Waals surface area (Å²) in [5.41, 5.74) is 0. The molecule has 0 unspecified atom stereocenters. The molecule has 0 heterocycles. The van der Waals surface area contributed by atoms with Crippen LogP contribution in [0, 0.1) is 5.92 Å². The van der Waals surface area contributed by atoms with Gasteiger partial charge in [0.25, 0.3) is 0 Å². The van der Waals surface area contributed by atoms with Gasteiger partial charge < -0.3 is 4.48 Å². The highest BCUT2D eigenvalue weighted by atomic mass is 15.3. The second kappa shape index (κ2) is 3.61. The normalized spacial score (nSPS) is 31.6. The Kier molecular flexibility index (Phi) is 2.94. The Hall–Kier alpha value is -0.300. The zero-order chi connectivity index (χ0) is 9.19. The summed E-state index contributed by atoms with van der Waals surface area (Å²) in [5.74, 6) is 0.950. The van der Waals surface area contributed by atoms with Crippen molar-refractivity contribution in [2.45, 2.75) is 38.6 Å². The molecule has 0 aliphatic heterocycles. The van der Waals surface area contributed by atoms with Gasteiger partial charge in [-0.25, -0.2) is 0 Å². The summed E-state index contributed by atoms with van der Waals surface area (Å²) in [4.78, 5) is 0. The van der Waals surface area contributed by atoms with E-state index in [4.69, 9.17) is 0 Å². The van der Waals surface area contributed by atoms with E-state index in [2.05, 4.69) is 33.8 Å². The van der Waals surface area contributed by atoms with Crippen molar-refractivity contribution in [3.8, 4) is 0 Å². The minimum atomic E-state index is 0.818. The molecule has 0 spiro atoms. The van der Waals surface area contributed by atoms with Gasteiger partial charge in [-0.05, 0) is 25.3 Å². The second-order valence-electron chi connectivity index (χ2n) is 4.73. The lowest BCUT2D eigenvalue weighted by Crippen LogP contribution is -2.45. The average molecular weight is 168 g/mol. The van der Waals surface area contributed by atoms with E-state index in [0.717, 1.165) is 16.4 Å². The van der Waals surface area contributed by atoms with Crippen LogP contribution in [0.5, 0.6) is 0 Å². The third-order valence-corrected chi connectivity index (χ3v) is 3.40. The third kappa shape index (κ3) is 2.10. The standard InChI is InChI=1S/C11H22N/c1-5-12(3,4)11-8-6-10(2)7-9-11/h5,10-11H,1,6-9H2,2-4H3/q+1. The third-order valence-electron chi connectivity index (χ3n) is 3.40. The number of quaternary nitrogens is 1. The molecule has 1 aliphatic carbocycles. The van der Waals surface area contributed by atoms with Crippen LogP contribution in [0.15, 0.2) is 12.8 Å². The first-order chi connectivity index (χ1) is 5.56. The first kappa shape index (κ1) is 9.79. The topological polar surface area (TPSA) is 0 Å². The highest BCUT2D eigenvalue weighted by Gasteiger charge is 2.29. The molecule has 1 nitrogen and oxygen atoms in total. The highest BCUT2D eigenvalue weighted by molar-refractivity contribution is 4.72. The summed E-state index contributed by atoms with van der Waals surface area (Å²) < 4.78 is 0.993. The molecule has 1 heteroatoms. The second-order valence-corrected chi connectivity index (χ2v) is 4.73. The van der Waals surface area contributed by atoms with Crippen LogP contribution < -0.4 is 0 Å². The van der Waals surface area contributed by atoms with Crippen molar-refractivity contribution in [1.29, 1.82) is 0 Å².